The van der Waals surface area contributed by atoms with Crippen LogP contribution in [0.5, 0.6) is 0 Å². The molecule has 0 aromatic carbocycles. The minimum Gasteiger partial charge on any atom is -0.313 e. The second-order valence-corrected chi connectivity index (χ2v) is 5.34. The molecule has 0 radical (unpaired) electrons. The van der Waals surface area contributed by atoms with Crippen LogP contribution in [0.1, 0.15) is 38.5 Å². The van der Waals surface area contributed by atoms with Gasteiger partial charge in [-0.3, -0.25) is 0 Å². The van der Waals surface area contributed by atoms with Gasteiger partial charge in [-0.15, -0.1) is 0 Å². The molecule has 0 amide bonds. The van der Waals surface area contributed by atoms with Crippen LogP contribution in [0, 0.1) is 11.8 Å². The van der Waals surface area contributed by atoms with Crippen LogP contribution in [0.25, 0.3) is 0 Å². The molecule has 2 N–H and O–H groups in total. The summed E-state index contributed by atoms with van der Waals surface area (Å²) < 4.78 is 0. The summed E-state index contributed by atoms with van der Waals surface area (Å²) in [6.07, 6.45) is 8.74. The lowest BCUT2D eigenvalue weighted by molar-refractivity contribution is 0.480. The molecule has 0 spiro atoms. The zero-order valence-electron chi connectivity index (χ0n) is 8.97. The first-order valence-corrected chi connectivity index (χ1v) is 6.42. The molecule has 2 unspecified atom stereocenters. The predicted molar refractivity (Wildman–Crippen MR) is 58.3 cm³/mol. The molecule has 3 fully saturated rings. The van der Waals surface area contributed by atoms with Crippen molar-refractivity contribution < 1.29 is 0 Å². The Morgan fingerprint density at radius 2 is 1.79 bits per heavy atom. The van der Waals surface area contributed by atoms with E-state index in [2.05, 4.69) is 10.6 Å². The molecule has 3 rings (SSSR count). The van der Waals surface area contributed by atoms with Crippen molar-refractivity contribution in [2.75, 3.05) is 13.1 Å². The molecule has 2 heteroatoms. The number of rotatable bonds is 3. The molecule has 2 nitrogen and oxygen atoms in total. The molecule has 2 aliphatic carbocycles. The fourth-order valence-electron chi connectivity index (χ4n) is 3.50. The first-order chi connectivity index (χ1) is 6.95. The third kappa shape index (κ3) is 1.70. The van der Waals surface area contributed by atoms with E-state index in [4.69, 9.17) is 0 Å². The number of fused-ring (bicyclic) bond motifs is 1. The lowest BCUT2D eigenvalue weighted by Crippen LogP contribution is -2.35. The monoisotopic (exact) mass is 194 g/mol. The fraction of sp³-hybridized carbons (Fsp3) is 1.00. The van der Waals surface area contributed by atoms with Crippen molar-refractivity contribution in [2.45, 2.75) is 50.6 Å². The molecule has 0 bridgehead atoms. The van der Waals surface area contributed by atoms with Crippen LogP contribution in [0.15, 0.2) is 0 Å². The third-order valence-electron chi connectivity index (χ3n) is 4.42. The van der Waals surface area contributed by atoms with Crippen molar-refractivity contribution in [2.24, 2.45) is 11.8 Å². The zero-order chi connectivity index (χ0) is 9.38. The maximum atomic E-state index is 3.78. The van der Waals surface area contributed by atoms with Crippen molar-refractivity contribution >= 4 is 0 Å². The van der Waals surface area contributed by atoms with Crippen molar-refractivity contribution in [3.63, 3.8) is 0 Å². The van der Waals surface area contributed by atoms with Crippen LogP contribution >= 0.6 is 0 Å². The summed E-state index contributed by atoms with van der Waals surface area (Å²) in [5.41, 5.74) is 0. The van der Waals surface area contributed by atoms with Crippen molar-refractivity contribution in [1.29, 1.82) is 0 Å². The van der Waals surface area contributed by atoms with Crippen LogP contribution in [-0.4, -0.2) is 25.2 Å². The van der Waals surface area contributed by atoms with Gasteiger partial charge in [-0.05, 0) is 44.1 Å². The average molecular weight is 194 g/mol. The molecule has 80 valence electrons. The van der Waals surface area contributed by atoms with Gasteiger partial charge in [-0.2, -0.15) is 0 Å². The van der Waals surface area contributed by atoms with E-state index in [-0.39, 0.29) is 0 Å². The van der Waals surface area contributed by atoms with E-state index in [1.54, 1.807) is 0 Å². The maximum Gasteiger partial charge on any atom is 0.0193 e. The van der Waals surface area contributed by atoms with E-state index < -0.39 is 0 Å². The lowest BCUT2D eigenvalue weighted by Gasteiger charge is -2.10. The van der Waals surface area contributed by atoms with E-state index in [9.17, 15) is 0 Å². The first-order valence-electron chi connectivity index (χ1n) is 6.42. The smallest absolute Gasteiger partial charge is 0.0193 e. The highest BCUT2D eigenvalue weighted by Gasteiger charge is 2.50. The van der Waals surface area contributed by atoms with Crippen molar-refractivity contribution in [3.8, 4) is 0 Å². The van der Waals surface area contributed by atoms with Gasteiger partial charge >= 0.3 is 0 Å². The topological polar surface area (TPSA) is 24.1 Å². The Morgan fingerprint density at radius 1 is 1.00 bits per heavy atom. The molecule has 3 aliphatic rings. The van der Waals surface area contributed by atoms with E-state index in [1.807, 2.05) is 0 Å². The van der Waals surface area contributed by atoms with Crippen molar-refractivity contribution in [3.05, 3.63) is 0 Å². The van der Waals surface area contributed by atoms with Crippen LogP contribution in [0.3, 0.4) is 0 Å². The Bertz CT molecular complexity index is 186. The molecule has 0 aromatic rings. The quantitative estimate of drug-likeness (QED) is 0.712. The van der Waals surface area contributed by atoms with Gasteiger partial charge in [0.1, 0.15) is 0 Å². The Balaban J connectivity index is 1.41. The molecule has 2 saturated carbocycles. The highest BCUT2D eigenvalue weighted by molar-refractivity contribution is 5.05. The van der Waals surface area contributed by atoms with E-state index in [0.717, 1.165) is 23.9 Å². The predicted octanol–water partition coefficient (Wildman–Crippen LogP) is 1.52. The molecular weight excluding hydrogens is 172 g/mol. The summed E-state index contributed by atoms with van der Waals surface area (Å²) in [6, 6.07) is 1.68. The third-order valence-corrected chi connectivity index (χ3v) is 4.42. The van der Waals surface area contributed by atoms with Crippen molar-refractivity contribution in [1.82, 2.24) is 10.6 Å². The van der Waals surface area contributed by atoms with Crippen LogP contribution in [-0.2, 0) is 0 Å². The number of nitrogens with one attached hydrogen (secondary N) is 2. The summed E-state index contributed by atoms with van der Waals surface area (Å²) in [6.45, 7) is 2.46. The van der Waals surface area contributed by atoms with Crippen LogP contribution in [0.2, 0.25) is 0 Å². The van der Waals surface area contributed by atoms with E-state index in [0.29, 0.717) is 0 Å². The SMILES string of the molecule is C1CCC2C(C1)C2NC[C@H]1CCCN1. The van der Waals surface area contributed by atoms with Gasteiger partial charge in [0.2, 0.25) is 0 Å². The van der Waals surface area contributed by atoms with E-state index >= 15 is 0 Å². The highest BCUT2D eigenvalue weighted by Crippen LogP contribution is 2.49. The van der Waals surface area contributed by atoms with Gasteiger partial charge in [0.15, 0.2) is 0 Å². The summed E-state index contributed by atoms with van der Waals surface area (Å²) >= 11 is 0. The van der Waals surface area contributed by atoms with Crippen LogP contribution in [0.4, 0.5) is 0 Å². The molecule has 1 heterocycles. The molecule has 14 heavy (non-hydrogen) atoms. The second-order valence-electron chi connectivity index (χ2n) is 5.34. The number of hydrogen-bond donors (Lipinski definition) is 2. The minimum absolute atomic E-state index is 0.776. The lowest BCUT2D eigenvalue weighted by atomic mass is 10.0. The van der Waals surface area contributed by atoms with Gasteiger partial charge in [0.05, 0.1) is 0 Å². The Labute approximate surface area is 86.8 Å². The van der Waals surface area contributed by atoms with Gasteiger partial charge in [-0.1, -0.05) is 12.8 Å². The maximum absolute atomic E-state index is 3.78. The number of hydrogen-bond acceptors (Lipinski definition) is 2. The molecule has 3 atom stereocenters. The first kappa shape index (κ1) is 9.17. The van der Waals surface area contributed by atoms with Gasteiger partial charge in [0, 0.05) is 18.6 Å². The zero-order valence-corrected chi connectivity index (χ0v) is 8.97. The second kappa shape index (κ2) is 3.82. The minimum atomic E-state index is 0.776. The standard InChI is InChI=1S/C12H22N2/c1-2-6-11-10(5-1)12(11)14-8-9-4-3-7-13-9/h9-14H,1-8H2/t9-,10?,11?,12?/m1/s1. The largest absolute Gasteiger partial charge is 0.313 e. The van der Waals surface area contributed by atoms with Gasteiger partial charge < -0.3 is 10.6 Å². The molecule has 0 aromatic heterocycles. The molecule has 1 saturated heterocycles. The summed E-state index contributed by atoms with van der Waals surface area (Å²) in [5.74, 6) is 2.12. The Kier molecular flexibility index (Phi) is 2.50. The molecule has 1 aliphatic heterocycles. The molecular formula is C12H22N2. The van der Waals surface area contributed by atoms with E-state index in [1.165, 1.54) is 51.6 Å². The average Bonchev–Trinajstić information content (AvgIpc) is 2.69. The summed E-state index contributed by atoms with van der Waals surface area (Å²) in [7, 11) is 0. The van der Waals surface area contributed by atoms with Crippen LogP contribution < -0.4 is 10.6 Å². The normalized spacial score (nSPS) is 46.3. The fourth-order valence-corrected chi connectivity index (χ4v) is 3.50. The highest BCUT2D eigenvalue weighted by atomic mass is 15.1. The Morgan fingerprint density at radius 3 is 2.43 bits per heavy atom. The Hall–Kier alpha value is -0.0800. The van der Waals surface area contributed by atoms with Gasteiger partial charge in [0.25, 0.3) is 0 Å². The van der Waals surface area contributed by atoms with Gasteiger partial charge in [-0.25, -0.2) is 0 Å². The summed E-state index contributed by atoms with van der Waals surface area (Å²) in [5, 5.41) is 7.34. The summed E-state index contributed by atoms with van der Waals surface area (Å²) in [4.78, 5) is 0.